The van der Waals surface area contributed by atoms with Gasteiger partial charge in [0.2, 0.25) is 0 Å². The summed E-state index contributed by atoms with van der Waals surface area (Å²) in [7, 11) is 4.79. The zero-order valence-corrected chi connectivity index (χ0v) is 22.3. The van der Waals surface area contributed by atoms with E-state index in [2.05, 4.69) is 5.32 Å². The van der Waals surface area contributed by atoms with Gasteiger partial charge in [-0.2, -0.15) is 0 Å². The maximum absolute atomic E-state index is 13.8. The number of rotatable bonds is 8. The Balaban J connectivity index is 1.78. The fraction of sp³-hybridized carbons (Fsp3) is 0.400. The van der Waals surface area contributed by atoms with E-state index in [1.165, 1.54) is 0 Å². The monoisotopic (exact) mass is 505 g/mol. The smallest absolute Gasteiger partial charge is 0.336 e. The van der Waals surface area contributed by atoms with E-state index in [1.54, 1.807) is 21.3 Å². The summed E-state index contributed by atoms with van der Waals surface area (Å²) in [5.74, 6) is 1.04. The van der Waals surface area contributed by atoms with Crippen molar-refractivity contribution in [2.45, 2.75) is 45.4 Å². The van der Waals surface area contributed by atoms with Crippen LogP contribution in [-0.4, -0.2) is 39.7 Å². The molecule has 4 rings (SSSR count). The summed E-state index contributed by atoms with van der Waals surface area (Å²) >= 11 is 0. The van der Waals surface area contributed by atoms with Crippen molar-refractivity contribution < 1.29 is 28.5 Å². The number of hydrogen-bond acceptors (Lipinski definition) is 7. The summed E-state index contributed by atoms with van der Waals surface area (Å²) in [6, 6.07) is 13.3. The minimum atomic E-state index is -0.578. The number of benzene rings is 2. The van der Waals surface area contributed by atoms with Crippen LogP contribution in [0.1, 0.15) is 56.6 Å². The third-order valence-electron chi connectivity index (χ3n) is 6.92. The summed E-state index contributed by atoms with van der Waals surface area (Å²) in [4.78, 5) is 27.2. The first-order valence-corrected chi connectivity index (χ1v) is 12.5. The summed E-state index contributed by atoms with van der Waals surface area (Å²) in [5.41, 5.74) is 4.32. The molecule has 0 fully saturated rings. The van der Waals surface area contributed by atoms with Gasteiger partial charge in [-0.15, -0.1) is 0 Å². The molecule has 1 heterocycles. The number of esters is 1. The van der Waals surface area contributed by atoms with Gasteiger partial charge in [0.25, 0.3) is 0 Å². The topological polar surface area (TPSA) is 83.1 Å². The van der Waals surface area contributed by atoms with E-state index in [9.17, 15) is 9.59 Å². The zero-order valence-electron chi connectivity index (χ0n) is 22.3. The van der Waals surface area contributed by atoms with Crippen LogP contribution in [0, 0.1) is 5.92 Å². The number of allylic oxidation sites excluding steroid dienone is 3. The number of hydrogen-bond donors (Lipinski definition) is 1. The van der Waals surface area contributed by atoms with E-state index in [4.69, 9.17) is 18.9 Å². The van der Waals surface area contributed by atoms with Gasteiger partial charge in [-0.1, -0.05) is 38.1 Å². The van der Waals surface area contributed by atoms with Gasteiger partial charge in [0.1, 0.15) is 5.75 Å². The third-order valence-corrected chi connectivity index (χ3v) is 6.92. The van der Waals surface area contributed by atoms with Gasteiger partial charge in [-0.25, -0.2) is 4.79 Å². The summed E-state index contributed by atoms with van der Waals surface area (Å²) < 4.78 is 22.2. The van der Waals surface area contributed by atoms with Crippen molar-refractivity contribution in [3.8, 4) is 17.2 Å². The highest BCUT2D eigenvalue weighted by Gasteiger charge is 2.42. The molecule has 1 aliphatic carbocycles. The van der Waals surface area contributed by atoms with Crippen LogP contribution in [0.25, 0.3) is 0 Å². The standard InChI is InChI=1S/C30H35NO6/c1-17(2)16-37-30(33)27-18(3)31-22-13-20(19-11-12-25(35-5)26(15-19)36-6)14-23(32)29(22)28(27)21-9-7-8-10-24(21)34-4/h7-12,15,17,20,28,31H,13-14,16H2,1-6H3/t20-,28-/m0/s1. The van der Waals surface area contributed by atoms with Crippen LogP contribution in [0.5, 0.6) is 17.2 Å². The SMILES string of the molecule is COc1ccc([C@@H]2CC(=O)C3=C(C2)NC(C)=C(C(=O)OCC(C)C)[C@@H]3c2ccccc2OC)cc1OC. The van der Waals surface area contributed by atoms with E-state index < -0.39 is 11.9 Å². The zero-order chi connectivity index (χ0) is 26.7. The number of carbonyl (C=O) groups excluding carboxylic acids is 2. The van der Waals surface area contributed by atoms with Crippen LogP contribution in [-0.2, 0) is 14.3 Å². The molecule has 7 heteroatoms. The van der Waals surface area contributed by atoms with Crippen molar-refractivity contribution in [3.05, 3.63) is 76.1 Å². The number of Topliss-reactive ketones (excluding diaryl/α,β-unsaturated/α-hetero) is 1. The molecule has 2 aromatic carbocycles. The lowest BCUT2D eigenvalue weighted by atomic mass is 9.71. The summed E-state index contributed by atoms with van der Waals surface area (Å²) in [6.07, 6.45) is 0.933. The predicted molar refractivity (Wildman–Crippen MR) is 141 cm³/mol. The van der Waals surface area contributed by atoms with Crippen LogP contribution >= 0.6 is 0 Å². The molecule has 37 heavy (non-hydrogen) atoms. The molecule has 0 radical (unpaired) electrons. The second kappa shape index (κ2) is 11.1. The van der Waals surface area contributed by atoms with Crippen molar-refractivity contribution in [3.63, 3.8) is 0 Å². The number of methoxy groups -OCH3 is 3. The van der Waals surface area contributed by atoms with E-state index in [0.29, 0.717) is 53.5 Å². The maximum atomic E-state index is 13.8. The molecule has 0 saturated heterocycles. The fourth-order valence-electron chi connectivity index (χ4n) is 5.19. The molecular formula is C30H35NO6. The largest absolute Gasteiger partial charge is 0.496 e. The normalized spacial score (nSPS) is 19.4. The second-order valence-electron chi connectivity index (χ2n) is 9.87. The van der Waals surface area contributed by atoms with Crippen LogP contribution in [0.2, 0.25) is 0 Å². The average molecular weight is 506 g/mol. The summed E-state index contributed by atoms with van der Waals surface area (Å²) in [6.45, 7) is 6.15. The molecular weight excluding hydrogens is 470 g/mol. The minimum absolute atomic E-state index is 0.00824. The highest BCUT2D eigenvalue weighted by molar-refractivity contribution is 6.04. The average Bonchev–Trinajstić information content (AvgIpc) is 2.90. The van der Waals surface area contributed by atoms with E-state index in [-0.39, 0.29) is 17.6 Å². The number of nitrogens with one attached hydrogen (secondary N) is 1. The van der Waals surface area contributed by atoms with Crippen LogP contribution in [0.15, 0.2) is 65.0 Å². The van der Waals surface area contributed by atoms with Crippen LogP contribution in [0.3, 0.4) is 0 Å². The summed E-state index contributed by atoms with van der Waals surface area (Å²) in [5, 5.41) is 3.40. The van der Waals surface area contributed by atoms with E-state index in [1.807, 2.05) is 63.2 Å². The molecule has 2 aliphatic rings. The van der Waals surface area contributed by atoms with Crippen molar-refractivity contribution in [2.24, 2.45) is 5.92 Å². The molecule has 2 atom stereocenters. The molecule has 0 saturated carbocycles. The Hall–Kier alpha value is -3.74. The van der Waals surface area contributed by atoms with Crippen molar-refractivity contribution in [1.29, 1.82) is 0 Å². The van der Waals surface area contributed by atoms with Gasteiger partial charge in [-0.3, -0.25) is 4.79 Å². The molecule has 7 nitrogen and oxygen atoms in total. The molecule has 0 spiro atoms. The number of para-hydroxylation sites is 1. The van der Waals surface area contributed by atoms with Crippen LogP contribution < -0.4 is 19.5 Å². The molecule has 0 aromatic heterocycles. The molecule has 1 N–H and O–H groups in total. The lowest BCUT2D eigenvalue weighted by molar-refractivity contribution is -0.140. The number of dihydropyridines is 1. The Kier molecular flexibility index (Phi) is 7.91. The van der Waals surface area contributed by atoms with Gasteiger partial charge in [-0.05, 0) is 48.9 Å². The van der Waals surface area contributed by atoms with Gasteiger partial charge < -0.3 is 24.3 Å². The maximum Gasteiger partial charge on any atom is 0.336 e. The number of ether oxygens (including phenoxy) is 4. The van der Waals surface area contributed by atoms with Crippen molar-refractivity contribution in [2.75, 3.05) is 27.9 Å². The molecule has 0 amide bonds. The molecule has 0 bridgehead atoms. The molecule has 0 unspecified atom stereocenters. The van der Waals surface area contributed by atoms with Gasteiger partial charge in [0, 0.05) is 29.0 Å². The van der Waals surface area contributed by atoms with E-state index in [0.717, 1.165) is 16.8 Å². The Morgan fingerprint density at radius 1 is 0.973 bits per heavy atom. The van der Waals surface area contributed by atoms with Crippen LogP contribution in [0.4, 0.5) is 0 Å². The van der Waals surface area contributed by atoms with Crippen molar-refractivity contribution >= 4 is 11.8 Å². The minimum Gasteiger partial charge on any atom is -0.496 e. The first-order chi connectivity index (χ1) is 17.8. The third kappa shape index (κ3) is 5.22. The highest BCUT2D eigenvalue weighted by atomic mass is 16.5. The van der Waals surface area contributed by atoms with Gasteiger partial charge in [0.05, 0.1) is 39.4 Å². The Labute approximate surface area is 218 Å². The second-order valence-corrected chi connectivity index (χ2v) is 9.87. The molecule has 196 valence electrons. The molecule has 2 aromatic rings. The number of ketones is 1. The lowest BCUT2D eigenvalue weighted by Gasteiger charge is -2.37. The Morgan fingerprint density at radius 2 is 1.68 bits per heavy atom. The van der Waals surface area contributed by atoms with Gasteiger partial charge in [0.15, 0.2) is 17.3 Å². The molecule has 1 aliphatic heterocycles. The Morgan fingerprint density at radius 3 is 2.35 bits per heavy atom. The van der Waals surface area contributed by atoms with Gasteiger partial charge >= 0.3 is 5.97 Å². The first kappa shape index (κ1) is 26.3. The fourth-order valence-corrected chi connectivity index (χ4v) is 5.19. The Bertz CT molecular complexity index is 1260. The lowest BCUT2D eigenvalue weighted by Crippen LogP contribution is -2.36. The predicted octanol–water partition coefficient (Wildman–Crippen LogP) is 5.27. The first-order valence-electron chi connectivity index (χ1n) is 12.5. The highest BCUT2D eigenvalue weighted by Crippen LogP contribution is 2.48. The number of carbonyl (C=O) groups is 2. The van der Waals surface area contributed by atoms with Crippen molar-refractivity contribution in [1.82, 2.24) is 5.32 Å². The quantitative estimate of drug-likeness (QED) is 0.489. The van der Waals surface area contributed by atoms with E-state index >= 15 is 0 Å².